The van der Waals surface area contributed by atoms with Gasteiger partial charge in [-0.25, -0.2) is 4.68 Å². The first kappa shape index (κ1) is 20.9. The number of rotatable bonds is 5. The summed E-state index contributed by atoms with van der Waals surface area (Å²) in [6.07, 6.45) is 2.01. The molecule has 10 heteroatoms. The zero-order valence-corrected chi connectivity index (χ0v) is 17.6. The summed E-state index contributed by atoms with van der Waals surface area (Å²) in [6.45, 7) is 0.412. The molecule has 3 amide bonds. The quantitative estimate of drug-likeness (QED) is 0.572. The van der Waals surface area contributed by atoms with Gasteiger partial charge >= 0.3 is 0 Å². The smallest absolute Gasteiger partial charge is 0.269 e. The number of carbonyl (C=O) groups excluding carboxylic acids is 3. The van der Waals surface area contributed by atoms with E-state index in [0.717, 1.165) is 0 Å². The van der Waals surface area contributed by atoms with E-state index in [1.165, 1.54) is 15.6 Å². The standard InChI is InChI=1S/C21H17Cl2N5O3/c22-16-6-5-14(11-17(16)23)27-9-7-15(21(27)31)20(30)25-12-1-3-13(4-2-12)28-10-8-18(26-28)19(24)29/h1-6,8,10-11,15H,7,9H2,(H2,24,29)(H,25,30). The zero-order valence-electron chi connectivity index (χ0n) is 16.1. The maximum Gasteiger partial charge on any atom is 0.269 e. The van der Waals surface area contributed by atoms with E-state index in [-0.39, 0.29) is 17.5 Å². The molecule has 1 aliphatic heterocycles. The van der Waals surface area contributed by atoms with Crippen molar-refractivity contribution in [2.75, 3.05) is 16.8 Å². The summed E-state index contributed by atoms with van der Waals surface area (Å²) in [5.74, 6) is -2.07. The van der Waals surface area contributed by atoms with Crippen LogP contribution in [0.2, 0.25) is 10.0 Å². The van der Waals surface area contributed by atoms with Crippen molar-refractivity contribution in [2.24, 2.45) is 11.7 Å². The summed E-state index contributed by atoms with van der Waals surface area (Å²) in [5, 5.41) is 7.60. The van der Waals surface area contributed by atoms with Crippen molar-refractivity contribution in [3.05, 3.63) is 70.5 Å². The number of carbonyl (C=O) groups is 3. The number of nitrogens with two attached hydrogens (primary N) is 1. The Morgan fingerprint density at radius 3 is 2.39 bits per heavy atom. The molecule has 1 unspecified atom stereocenters. The van der Waals surface area contributed by atoms with Gasteiger partial charge in [-0.2, -0.15) is 5.10 Å². The Labute approximate surface area is 187 Å². The molecule has 4 rings (SSSR count). The average Bonchev–Trinajstić information content (AvgIpc) is 3.38. The Hall–Kier alpha value is -3.36. The number of hydrogen-bond acceptors (Lipinski definition) is 4. The summed E-state index contributed by atoms with van der Waals surface area (Å²) < 4.78 is 1.50. The van der Waals surface area contributed by atoms with Crippen LogP contribution in [0.15, 0.2) is 54.7 Å². The molecular weight excluding hydrogens is 441 g/mol. The van der Waals surface area contributed by atoms with E-state index in [4.69, 9.17) is 28.9 Å². The van der Waals surface area contributed by atoms with Crippen LogP contribution >= 0.6 is 23.2 Å². The third kappa shape index (κ3) is 4.26. The van der Waals surface area contributed by atoms with Crippen molar-refractivity contribution in [2.45, 2.75) is 6.42 Å². The molecule has 3 N–H and O–H groups in total. The van der Waals surface area contributed by atoms with Crippen LogP contribution in [0.5, 0.6) is 0 Å². The topological polar surface area (TPSA) is 110 Å². The number of amides is 3. The monoisotopic (exact) mass is 457 g/mol. The molecule has 3 aromatic rings. The molecule has 0 radical (unpaired) electrons. The number of hydrogen-bond donors (Lipinski definition) is 2. The van der Waals surface area contributed by atoms with Crippen molar-refractivity contribution in [3.8, 4) is 5.69 Å². The molecule has 1 atom stereocenters. The summed E-state index contributed by atoms with van der Waals surface area (Å²) in [6, 6.07) is 13.3. The highest BCUT2D eigenvalue weighted by molar-refractivity contribution is 6.42. The molecule has 0 aliphatic carbocycles. The first-order valence-electron chi connectivity index (χ1n) is 9.36. The molecule has 1 aromatic heterocycles. The highest BCUT2D eigenvalue weighted by Crippen LogP contribution is 2.31. The molecule has 1 saturated heterocycles. The van der Waals surface area contributed by atoms with Gasteiger partial charge in [0.25, 0.3) is 5.91 Å². The molecule has 8 nitrogen and oxygen atoms in total. The zero-order chi connectivity index (χ0) is 22.1. The SMILES string of the molecule is NC(=O)c1ccn(-c2ccc(NC(=O)C3CCN(c4ccc(Cl)c(Cl)c4)C3=O)cc2)n1. The lowest BCUT2D eigenvalue weighted by Gasteiger charge is -2.17. The van der Waals surface area contributed by atoms with E-state index in [9.17, 15) is 14.4 Å². The number of aromatic nitrogens is 2. The Morgan fingerprint density at radius 2 is 1.74 bits per heavy atom. The van der Waals surface area contributed by atoms with Crippen LogP contribution < -0.4 is 16.0 Å². The summed E-state index contributed by atoms with van der Waals surface area (Å²) in [5.41, 5.74) is 7.20. The molecule has 2 aromatic carbocycles. The van der Waals surface area contributed by atoms with E-state index < -0.39 is 11.8 Å². The van der Waals surface area contributed by atoms with Crippen LogP contribution in [-0.2, 0) is 9.59 Å². The van der Waals surface area contributed by atoms with E-state index in [2.05, 4.69) is 10.4 Å². The number of nitrogens with zero attached hydrogens (tertiary/aromatic N) is 3. The van der Waals surface area contributed by atoms with Gasteiger partial charge in [0.05, 0.1) is 15.7 Å². The van der Waals surface area contributed by atoms with Gasteiger partial charge in [-0.1, -0.05) is 23.2 Å². The molecule has 31 heavy (non-hydrogen) atoms. The normalized spacial score (nSPS) is 15.9. The molecule has 158 valence electrons. The molecule has 2 heterocycles. The van der Waals surface area contributed by atoms with Gasteiger partial charge in [0.15, 0.2) is 0 Å². The van der Waals surface area contributed by atoms with Crippen LogP contribution in [0.25, 0.3) is 5.69 Å². The number of primary amides is 1. The molecular formula is C21H17Cl2N5O3. The molecule has 0 saturated carbocycles. The highest BCUT2D eigenvalue weighted by atomic mass is 35.5. The minimum absolute atomic E-state index is 0.156. The van der Waals surface area contributed by atoms with Gasteiger partial charge < -0.3 is 16.0 Å². The lowest BCUT2D eigenvalue weighted by atomic mass is 10.1. The van der Waals surface area contributed by atoms with Crippen LogP contribution in [0.4, 0.5) is 11.4 Å². The first-order valence-corrected chi connectivity index (χ1v) is 10.1. The predicted molar refractivity (Wildman–Crippen MR) is 118 cm³/mol. The fraction of sp³-hybridized carbons (Fsp3) is 0.143. The van der Waals surface area contributed by atoms with Crippen molar-refractivity contribution in [1.82, 2.24) is 9.78 Å². The fourth-order valence-corrected chi connectivity index (χ4v) is 3.65. The van der Waals surface area contributed by atoms with Crippen LogP contribution in [0, 0.1) is 5.92 Å². The second-order valence-corrected chi connectivity index (χ2v) is 7.79. The van der Waals surface area contributed by atoms with E-state index >= 15 is 0 Å². The van der Waals surface area contributed by atoms with Gasteiger partial charge in [-0.3, -0.25) is 14.4 Å². The Morgan fingerprint density at radius 1 is 1.03 bits per heavy atom. The lowest BCUT2D eigenvalue weighted by molar-refractivity contribution is -0.129. The maximum atomic E-state index is 12.8. The Balaban J connectivity index is 1.42. The van der Waals surface area contributed by atoms with E-state index in [0.29, 0.717) is 40.1 Å². The number of benzene rings is 2. The van der Waals surface area contributed by atoms with Crippen LogP contribution in [0.1, 0.15) is 16.9 Å². The minimum atomic E-state index is -0.793. The summed E-state index contributed by atoms with van der Waals surface area (Å²) in [7, 11) is 0. The first-order chi connectivity index (χ1) is 14.8. The van der Waals surface area contributed by atoms with Gasteiger partial charge in [0, 0.05) is 24.1 Å². The van der Waals surface area contributed by atoms with E-state index in [1.54, 1.807) is 48.7 Å². The third-order valence-electron chi connectivity index (χ3n) is 4.98. The largest absolute Gasteiger partial charge is 0.364 e. The van der Waals surface area contributed by atoms with Gasteiger partial charge in [-0.15, -0.1) is 0 Å². The molecule has 1 fully saturated rings. The van der Waals surface area contributed by atoms with Gasteiger partial charge in [0.2, 0.25) is 11.8 Å². The minimum Gasteiger partial charge on any atom is -0.364 e. The molecule has 1 aliphatic rings. The predicted octanol–water partition coefficient (Wildman–Crippen LogP) is 3.27. The second-order valence-electron chi connectivity index (χ2n) is 6.98. The number of halogens is 2. The summed E-state index contributed by atoms with van der Waals surface area (Å²) >= 11 is 12.0. The second kappa shape index (κ2) is 8.41. The third-order valence-corrected chi connectivity index (χ3v) is 5.72. The Kier molecular flexibility index (Phi) is 5.67. The van der Waals surface area contributed by atoms with Crippen LogP contribution in [0.3, 0.4) is 0 Å². The summed E-state index contributed by atoms with van der Waals surface area (Å²) in [4.78, 5) is 38.2. The average molecular weight is 458 g/mol. The van der Waals surface area contributed by atoms with Crippen molar-refractivity contribution in [1.29, 1.82) is 0 Å². The molecule has 0 bridgehead atoms. The van der Waals surface area contributed by atoms with Crippen LogP contribution in [-0.4, -0.2) is 34.0 Å². The highest BCUT2D eigenvalue weighted by Gasteiger charge is 2.37. The Bertz CT molecular complexity index is 1180. The maximum absolute atomic E-state index is 12.8. The number of nitrogens with one attached hydrogen (secondary N) is 1. The van der Waals surface area contributed by atoms with Gasteiger partial charge in [-0.05, 0) is 55.0 Å². The van der Waals surface area contributed by atoms with E-state index in [1.807, 2.05) is 0 Å². The van der Waals surface area contributed by atoms with Gasteiger partial charge in [0.1, 0.15) is 11.6 Å². The van der Waals surface area contributed by atoms with Crippen molar-refractivity contribution >= 4 is 52.3 Å². The van der Waals surface area contributed by atoms with Crippen molar-refractivity contribution < 1.29 is 14.4 Å². The molecule has 0 spiro atoms. The number of anilines is 2. The fourth-order valence-electron chi connectivity index (χ4n) is 3.36. The van der Waals surface area contributed by atoms with Crippen molar-refractivity contribution in [3.63, 3.8) is 0 Å². The lowest BCUT2D eigenvalue weighted by Crippen LogP contribution is -2.33.